The molecule has 0 unspecified atom stereocenters. The van der Waals surface area contributed by atoms with Crippen molar-refractivity contribution in [1.29, 1.82) is 0 Å². The fraction of sp³-hybridized carbons (Fsp3) is 0.375. The maximum atomic E-state index is 12.9. The molecule has 0 radical (unpaired) electrons. The molecule has 2 N–H and O–H groups in total. The Bertz CT molecular complexity index is 897. The van der Waals surface area contributed by atoms with E-state index in [4.69, 9.17) is 4.74 Å². The van der Waals surface area contributed by atoms with Gasteiger partial charge in [-0.3, -0.25) is 14.4 Å². The van der Waals surface area contributed by atoms with E-state index in [1.54, 1.807) is 29.2 Å². The quantitative estimate of drug-likeness (QED) is 0.582. The zero-order chi connectivity index (χ0) is 22.8. The van der Waals surface area contributed by atoms with Crippen LogP contribution in [0.5, 0.6) is 5.75 Å². The average Bonchev–Trinajstić information content (AvgIpc) is 2.82. The molecule has 3 amide bonds. The second-order valence-corrected chi connectivity index (χ2v) is 7.70. The highest BCUT2D eigenvalue weighted by Crippen LogP contribution is 2.18. The molecule has 2 aromatic carbocycles. The van der Waals surface area contributed by atoms with Gasteiger partial charge in [-0.15, -0.1) is 0 Å². The minimum atomic E-state index is -0.340. The summed E-state index contributed by atoms with van der Waals surface area (Å²) in [4.78, 5) is 38.3. The molecule has 1 saturated heterocycles. The van der Waals surface area contributed by atoms with Crippen molar-refractivity contribution in [2.75, 3.05) is 32.8 Å². The molecule has 0 atom stereocenters. The Labute approximate surface area is 186 Å². The number of nitrogens with zero attached hydrogens (tertiary/aromatic N) is 1. The van der Waals surface area contributed by atoms with Crippen LogP contribution < -0.4 is 15.4 Å². The van der Waals surface area contributed by atoms with E-state index < -0.39 is 0 Å². The molecule has 2 aromatic rings. The number of carbonyl (C=O) groups excluding carboxylic acids is 3. The molecule has 1 heterocycles. The lowest BCUT2D eigenvalue weighted by molar-refractivity contribution is -0.137. The van der Waals surface area contributed by atoms with Crippen molar-refractivity contribution >= 4 is 17.7 Å². The maximum absolute atomic E-state index is 12.9. The summed E-state index contributed by atoms with van der Waals surface area (Å²) in [6.45, 7) is 1.67. The standard InChI is InChI=1S/C24H28FN3O4/c25-20-8-6-18(7-9-20)16-22(29)26-12-13-27-24(31)19-10-14-28(15-11-19)23(30)17-32-21-4-2-1-3-5-21/h1-9,19H,10-17H2,(H,26,29)(H,27,31). The number of likely N-dealkylation sites (tertiary alicyclic amines) is 1. The summed E-state index contributed by atoms with van der Waals surface area (Å²) in [6, 6.07) is 15.0. The van der Waals surface area contributed by atoms with E-state index >= 15 is 0 Å². The molecule has 3 rings (SSSR count). The first-order chi connectivity index (χ1) is 15.5. The van der Waals surface area contributed by atoms with E-state index in [0.717, 1.165) is 5.56 Å². The average molecular weight is 442 g/mol. The summed E-state index contributed by atoms with van der Waals surface area (Å²) in [5, 5.41) is 5.58. The van der Waals surface area contributed by atoms with Gasteiger partial charge in [-0.25, -0.2) is 4.39 Å². The molecule has 0 aliphatic carbocycles. The molecule has 0 saturated carbocycles. The van der Waals surface area contributed by atoms with Crippen LogP contribution in [0.3, 0.4) is 0 Å². The zero-order valence-corrected chi connectivity index (χ0v) is 17.9. The van der Waals surface area contributed by atoms with E-state index in [2.05, 4.69) is 10.6 Å². The van der Waals surface area contributed by atoms with Gasteiger partial charge in [-0.1, -0.05) is 30.3 Å². The lowest BCUT2D eigenvalue weighted by Gasteiger charge is -2.31. The second kappa shape index (κ2) is 11.8. The van der Waals surface area contributed by atoms with Gasteiger partial charge in [-0.2, -0.15) is 0 Å². The topological polar surface area (TPSA) is 87.7 Å². The van der Waals surface area contributed by atoms with Crippen molar-refractivity contribution in [3.05, 3.63) is 66.0 Å². The van der Waals surface area contributed by atoms with Crippen molar-refractivity contribution in [2.45, 2.75) is 19.3 Å². The highest BCUT2D eigenvalue weighted by atomic mass is 19.1. The lowest BCUT2D eigenvalue weighted by atomic mass is 9.96. The van der Waals surface area contributed by atoms with Gasteiger partial charge in [0.25, 0.3) is 5.91 Å². The fourth-order valence-corrected chi connectivity index (χ4v) is 3.53. The maximum Gasteiger partial charge on any atom is 0.260 e. The fourth-order valence-electron chi connectivity index (χ4n) is 3.53. The third-order valence-corrected chi connectivity index (χ3v) is 5.35. The van der Waals surface area contributed by atoms with Gasteiger partial charge < -0.3 is 20.3 Å². The number of ether oxygens (including phenoxy) is 1. The Balaban J connectivity index is 1.28. The summed E-state index contributed by atoms with van der Waals surface area (Å²) in [7, 11) is 0. The van der Waals surface area contributed by atoms with Crippen molar-refractivity contribution in [1.82, 2.24) is 15.5 Å². The number of piperidine rings is 1. The van der Waals surface area contributed by atoms with Gasteiger partial charge in [0.1, 0.15) is 11.6 Å². The van der Waals surface area contributed by atoms with Crippen LogP contribution in [0.25, 0.3) is 0 Å². The first-order valence-electron chi connectivity index (χ1n) is 10.8. The number of amides is 3. The monoisotopic (exact) mass is 441 g/mol. The Hall–Kier alpha value is -3.42. The Morgan fingerprint density at radius 2 is 1.59 bits per heavy atom. The van der Waals surface area contributed by atoms with E-state index in [1.165, 1.54) is 12.1 Å². The van der Waals surface area contributed by atoms with Crippen molar-refractivity contribution in [3.8, 4) is 5.75 Å². The molecule has 0 bridgehead atoms. The molecular formula is C24H28FN3O4. The summed E-state index contributed by atoms with van der Waals surface area (Å²) in [5.41, 5.74) is 0.725. The van der Waals surface area contributed by atoms with Crippen LogP contribution in [0.1, 0.15) is 18.4 Å². The van der Waals surface area contributed by atoms with Gasteiger partial charge in [0, 0.05) is 32.1 Å². The number of hydrogen-bond acceptors (Lipinski definition) is 4. The minimum Gasteiger partial charge on any atom is -0.484 e. The van der Waals surface area contributed by atoms with Gasteiger partial charge in [0.15, 0.2) is 6.61 Å². The van der Waals surface area contributed by atoms with Gasteiger partial charge >= 0.3 is 0 Å². The Morgan fingerprint density at radius 1 is 0.938 bits per heavy atom. The first-order valence-corrected chi connectivity index (χ1v) is 10.8. The largest absolute Gasteiger partial charge is 0.484 e. The third kappa shape index (κ3) is 7.37. The molecule has 170 valence electrons. The summed E-state index contributed by atoms with van der Waals surface area (Å²) in [6.07, 6.45) is 1.36. The SMILES string of the molecule is O=C(Cc1ccc(F)cc1)NCCNC(=O)C1CCN(C(=O)COc2ccccc2)CC1. The smallest absolute Gasteiger partial charge is 0.260 e. The summed E-state index contributed by atoms with van der Waals surface area (Å²) < 4.78 is 18.4. The molecule has 8 heteroatoms. The van der Waals surface area contributed by atoms with Gasteiger partial charge in [0.2, 0.25) is 11.8 Å². The van der Waals surface area contributed by atoms with Crippen molar-refractivity contribution in [2.24, 2.45) is 5.92 Å². The van der Waals surface area contributed by atoms with Crippen molar-refractivity contribution < 1.29 is 23.5 Å². The number of para-hydroxylation sites is 1. The number of benzene rings is 2. The van der Waals surface area contributed by atoms with Crippen LogP contribution in [-0.4, -0.2) is 55.4 Å². The van der Waals surface area contributed by atoms with Crippen LogP contribution in [0, 0.1) is 11.7 Å². The molecule has 1 aliphatic rings. The third-order valence-electron chi connectivity index (χ3n) is 5.35. The van der Waals surface area contributed by atoms with Crippen LogP contribution >= 0.6 is 0 Å². The highest BCUT2D eigenvalue weighted by Gasteiger charge is 2.27. The zero-order valence-electron chi connectivity index (χ0n) is 17.9. The molecule has 1 aliphatic heterocycles. The number of carbonyl (C=O) groups is 3. The highest BCUT2D eigenvalue weighted by molar-refractivity contribution is 5.81. The number of nitrogens with one attached hydrogen (secondary N) is 2. The minimum absolute atomic E-state index is 0.0154. The van der Waals surface area contributed by atoms with Crippen LogP contribution in [-0.2, 0) is 20.8 Å². The molecular weight excluding hydrogens is 413 g/mol. The van der Waals surface area contributed by atoms with E-state index in [1.807, 2.05) is 18.2 Å². The molecule has 7 nitrogen and oxygen atoms in total. The molecule has 1 fully saturated rings. The van der Waals surface area contributed by atoms with E-state index in [-0.39, 0.29) is 42.5 Å². The number of rotatable bonds is 9. The Kier molecular flexibility index (Phi) is 8.60. The normalized spacial score (nSPS) is 14.0. The molecule has 0 spiro atoms. The molecule has 32 heavy (non-hydrogen) atoms. The Morgan fingerprint density at radius 3 is 2.28 bits per heavy atom. The predicted octanol–water partition coefficient (Wildman–Crippen LogP) is 1.92. The van der Waals surface area contributed by atoms with E-state index in [0.29, 0.717) is 44.8 Å². The van der Waals surface area contributed by atoms with Crippen molar-refractivity contribution in [3.63, 3.8) is 0 Å². The van der Waals surface area contributed by atoms with Gasteiger partial charge in [0.05, 0.1) is 6.42 Å². The van der Waals surface area contributed by atoms with E-state index in [9.17, 15) is 18.8 Å². The number of halogens is 1. The van der Waals surface area contributed by atoms with Crippen LogP contribution in [0.2, 0.25) is 0 Å². The lowest BCUT2D eigenvalue weighted by Crippen LogP contribution is -2.45. The number of hydrogen-bond donors (Lipinski definition) is 2. The predicted molar refractivity (Wildman–Crippen MR) is 117 cm³/mol. The second-order valence-electron chi connectivity index (χ2n) is 7.70. The summed E-state index contributed by atoms with van der Waals surface area (Å²) >= 11 is 0. The van der Waals surface area contributed by atoms with Gasteiger partial charge in [-0.05, 0) is 42.7 Å². The van der Waals surface area contributed by atoms with Crippen LogP contribution in [0.15, 0.2) is 54.6 Å². The summed E-state index contributed by atoms with van der Waals surface area (Å²) in [5.74, 6) is -0.172. The van der Waals surface area contributed by atoms with Crippen LogP contribution in [0.4, 0.5) is 4.39 Å². The first kappa shape index (κ1) is 23.2. The molecule has 0 aromatic heterocycles.